The summed E-state index contributed by atoms with van der Waals surface area (Å²) >= 11 is -1.88. The van der Waals surface area contributed by atoms with Crippen LogP contribution in [0.3, 0.4) is 0 Å². The second-order valence-corrected chi connectivity index (χ2v) is 4.35. The highest BCUT2D eigenvalue weighted by molar-refractivity contribution is 7.79. The molecule has 1 fully saturated rings. The molecule has 1 aliphatic rings. The lowest BCUT2D eigenvalue weighted by Gasteiger charge is -2.19. The molecule has 0 saturated carbocycles. The second-order valence-electron chi connectivity index (χ2n) is 3.41. The predicted octanol–water partition coefficient (Wildman–Crippen LogP) is 1.87. The van der Waals surface area contributed by atoms with Crippen molar-refractivity contribution < 1.29 is 8.76 Å². The number of hydrogen-bond donors (Lipinski definition) is 1. The number of anilines is 1. The molecule has 1 N–H and O–H groups in total. The van der Waals surface area contributed by atoms with Crippen molar-refractivity contribution in [3.05, 3.63) is 24.3 Å². The Labute approximate surface area is 86.0 Å². The normalized spacial score (nSPS) is 18.5. The molecule has 1 aliphatic heterocycles. The van der Waals surface area contributed by atoms with Crippen LogP contribution in [0.25, 0.3) is 0 Å². The molecule has 0 aliphatic carbocycles. The van der Waals surface area contributed by atoms with Gasteiger partial charge in [0, 0.05) is 13.1 Å². The van der Waals surface area contributed by atoms with Gasteiger partial charge in [0.2, 0.25) is 0 Å². The summed E-state index contributed by atoms with van der Waals surface area (Å²) in [5, 5.41) is 0. The molecule has 76 valence electrons. The first-order valence-electron chi connectivity index (χ1n) is 4.74. The van der Waals surface area contributed by atoms with E-state index in [1.165, 1.54) is 12.8 Å². The molecule has 1 saturated heterocycles. The zero-order valence-corrected chi connectivity index (χ0v) is 8.67. The van der Waals surface area contributed by atoms with Crippen LogP contribution in [-0.2, 0) is 11.1 Å². The predicted molar refractivity (Wildman–Crippen MR) is 56.9 cm³/mol. The van der Waals surface area contributed by atoms with Gasteiger partial charge in [0.05, 0.1) is 10.6 Å². The van der Waals surface area contributed by atoms with E-state index in [1.54, 1.807) is 12.1 Å². The maximum Gasteiger partial charge on any atom is 0.188 e. The van der Waals surface area contributed by atoms with Gasteiger partial charge in [0.25, 0.3) is 0 Å². The molecule has 1 aromatic carbocycles. The van der Waals surface area contributed by atoms with Crippen LogP contribution in [0.1, 0.15) is 12.8 Å². The first-order chi connectivity index (χ1) is 6.79. The van der Waals surface area contributed by atoms with E-state index in [-0.39, 0.29) is 0 Å². The Balaban J connectivity index is 2.35. The van der Waals surface area contributed by atoms with E-state index in [9.17, 15) is 4.21 Å². The standard InChI is InChI=1S/C10H13NO2S/c12-14(13)10-6-2-1-5-9(10)11-7-3-4-8-11/h1-2,5-6H,3-4,7-8H2,(H,12,13). The van der Waals surface area contributed by atoms with Gasteiger partial charge in [0.15, 0.2) is 11.1 Å². The third-order valence-corrected chi connectivity index (χ3v) is 3.22. The number of rotatable bonds is 2. The lowest BCUT2D eigenvalue weighted by Crippen LogP contribution is -2.19. The molecule has 0 amide bonds. The lowest BCUT2D eigenvalue weighted by molar-refractivity contribution is 0.564. The Hall–Kier alpha value is -0.870. The first-order valence-corrected chi connectivity index (χ1v) is 5.84. The SMILES string of the molecule is O=S(O)c1ccccc1N1CCCC1. The van der Waals surface area contributed by atoms with Gasteiger partial charge in [-0.15, -0.1) is 0 Å². The number of hydrogen-bond acceptors (Lipinski definition) is 2. The zero-order valence-electron chi connectivity index (χ0n) is 7.85. The van der Waals surface area contributed by atoms with Crippen LogP contribution >= 0.6 is 0 Å². The topological polar surface area (TPSA) is 40.5 Å². The highest BCUT2D eigenvalue weighted by atomic mass is 32.2. The molecule has 4 heteroatoms. The van der Waals surface area contributed by atoms with Gasteiger partial charge < -0.3 is 9.45 Å². The molecule has 1 aromatic rings. The van der Waals surface area contributed by atoms with Crippen molar-refractivity contribution in [3.63, 3.8) is 0 Å². The highest BCUT2D eigenvalue weighted by Gasteiger charge is 2.17. The van der Waals surface area contributed by atoms with Crippen molar-refractivity contribution in [3.8, 4) is 0 Å². The maximum absolute atomic E-state index is 11.1. The zero-order chi connectivity index (χ0) is 9.97. The van der Waals surface area contributed by atoms with E-state index < -0.39 is 11.1 Å². The summed E-state index contributed by atoms with van der Waals surface area (Å²) < 4.78 is 20.2. The molecule has 0 spiro atoms. The summed E-state index contributed by atoms with van der Waals surface area (Å²) in [4.78, 5) is 2.69. The molecule has 3 nitrogen and oxygen atoms in total. The number of nitrogens with zero attached hydrogens (tertiary/aromatic N) is 1. The van der Waals surface area contributed by atoms with Gasteiger partial charge in [-0.1, -0.05) is 12.1 Å². The third-order valence-electron chi connectivity index (χ3n) is 2.50. The van der Waals surface area contributed by atoms with Crippen LogP contribution in [0, 0.1) is 0 Å². The largest absolute Gasteiger partial charge is 0.370 e. The van der Waals surface area contributed by atoms with Crippen LogP contribution < -0.4 is 4.90 Å². The van der Waals surface area contributed by atoms with Gasteiger partial charge in [-0.05, 0) is 25.0 Å². The Bertz CT molecular complexity index is 348. The molecule has 0 bridgehead atoms. The molecule has 1 unspecified atom stereocenters. The van der Waals surface area contributed by atoms with Gasteiger partial charge in [-0.25, -0.2) is 4.21 Å². The summed E-state index contributed by atoms with van der Waals surface area (Å²) in [5.74, 6) is 0. The van der Waals surface area contributed by atoms with Crippen LogP contribution in [0.5, 0.6) is 0 Å². The Morgan fingerprint density at radius 1 is 1.21 bits per heavy atom. The minimum absolute atomic E-state index is 0.523. The van der Waals surface area contributed by atoms with Gasteiger partial charge >= 0.3 is 0 Å². The van der Waals surface area contributed by atoms with E-state index in [4.69, 9.17) is 4.55 Å². The molecule has 14 heavy (non-hydrogen) atoms. The quantitative estimate of drug-likeness (QED) is 0.759. The fraction of sp³-hybridized carbons (Fsp3) is 0.400. The molecule has 1 atom stereocenters. The first kappa shape index (κ1) is 9.68. The third kappa shape index (κ3) is 1.81. The monoisotopic (exact) mass is 211 g/mol. The fourth-order valence-corrected chi connectivity index (χ4v) is 2.40. The van der Waals surface area contributed by atoms with Crippen LogP contribution in [0.2, 0.25) is 0 Å². The number of benzene rings is 1. The molecular weight excluding hydrogens is 198 g/mol. The van der Waals surface area contributed by atoms with Crippen molar-refractivity contribution in [1.82, 2.24) is 0 Å². The van der Waals surface area contributed by atoms with E-state index in [0.717, 1.165) is 18.8 Å². The van der Waals surface area contributed by atoms with Gasteiger partial charge in [-0.2, -0.15) is 0 Å². The van der Waals surface area contributed by atoms with Crippen molar-refractivity contribution in [2.24, 2.45) is 0 Å². The average molecular weight is 211 g/mol. The summed E-state index contributed by atoms with van der Waals surface area (Å²) in [7, 11) is 0. The van der Waals surface area contributed by atoms with Crippen molar-refractivity contribution in [1.29, 1.82) is 0 Å². The summed E-state index contributed by atoms with van der Waals surface area (Å²) in [6, 6.07) is 7.32. The minimum Gasteiger partial charge on any atom is -0.370 e. The lowest BCUT2D eigenvalue weighted by atomic mass is 10.3. The summed E-state index contributed by atoms with van der Waals surface area (Å²) in [6.07, 6.45) is 2.35. The van der Waals surface area contributed by atoms with E-state index >= 15 is 0 Å². The van der Waals surface area contributed by atoms with Crippen LogP contribution in [0.15, 0.2) is 29.2 Å². The maximum atomic E-state index is 11.1. The molecule has 0 radical (unpaired) electrons. The van der Waals surface area contributed by atoms with E-state index in [1.807, 2.05) is 12.1 Å². The smallest absolute Gasteiger partial charge is 0.188 e. The highest BCUT2D eigenvalue weighted by Crippen LogP contribution is 2.26. The number of para-hydroxylation sites is 1. The van der Waals surface area contributed by atoms with Crippen LogP contribution in [-0.4, -0.2) is 21.9 Å². The summed E-state index contributed by atoms with van der Waals surface area (Å²) in [5.41, 5.74) is 0.908. The van der Waals surface area contributed by atoms with Crippen molar-refractivity contribution in [2.75, 3.05) is 18.0 Å². The average Bonchev–Trinajstić information content (AvgIpc) is 2.70. The van der Waals surface area contributed by atoms with Gasteiger partial charge in [-0.3, -0.25) is 0 Å². The van der Waals surface area contributed by atoms with Gasteiger partial charge in [0.1, 0.15) is 0 Å². The molecular formula is C10H13NO2S. The minimum atomic E-state index is -1.88. The fourth-order valence-electron chi connectivity index (χ4n) is 1.82. The Morgan fingerprint density at radius 2 is 1.86 bits per heavy atom. The summed E-state index contributed by atoms with van der Waals surface area (Å²) in [6.45, 7) is 1.99. The molecule has 1 heterocycles. The Morgan fingerprint density at radius 3 is 2.50 bits per heavy atom. The second kappa shape index (κ2) is 4.11. The van der Waals surface area contributed by atoms with Crippen LogP contribution in [0.4, 0.5) is 5.69 Å². The molecule has 2 rings (SSSR count). The van der Waals surface area contributed by atoms with Crippen molar-refractivity contribution >= 4 is 16.8 Å². The molecule has 0 aromatic heterocycles. The van der Waals surface area contributed by atoms with E-state index in [0.29, 0.717) is 4.90 Å². The van der Waals surface area contributed by atoms with E-state index in [2.05, 4.69) is 4.90 Å². The van der Waals surface area contributed by atoms with Crippen molar-refractivity contribution in [2.45, 2.75) is 17.7 Å². The Kier molecular flexibility index (Phi) is 2.84.